The molecule has 2 amide bonds. The summed E-state index contributed by atoms with van der Waals surface area (Å²) in [5, 5.41) is 3.01. The second-order valence-corrected chi connectivity index (χ2v) is 8.42. The van der Waals surface area contributed by atoms with Gasteiger partial charge in [-0.25, -0.2) is 0 Å². The predicted molar refractivity (Wildman–Crippen MR) is 113 cm³/mol. The topological polar surface area (TPSA) is 49.4 Å². The second kappa shape index (κ2) is 9.15. The van der Waals surface area contributed by atoms with E-state index in [4.69, 9.17) is 12.2 Å². The van der Waals surface area contributed by atoms with Gasteiger partial charge in [0.15, 0.2) is 0 Å². The van der Waals surface area contributed by atoms with Crippen LogP contribution in [0, 0.1) is 0 Å². The molecule has 1 unspecified atom stereocenters. The van der Waals surface area contributed by atoms with Crippen molar-refractivity contribution < 1.29 is 9.59 Å². The van der Waals surface area contributed by atoms with Gasteiger partial charge in [-0.3, -0.25) is 14.5 Å². The summed E-state index contributed by atoms with van der Waals surface area (Å²) in [5.74, 6) is 0.00262. The highest BCUT2D eigenvalue weighted by Gasteiger charge is 2.33. The van der Waals surface area contributed by atoms with Crippen LogP contribution in [-0.4, -0.2) is 32.8 Å². The van der Waals surface area contributed by atoms with Gasteiger partial charge in [-0.1, -0.05) is 84.6 Å². The second-order valence-electron chi connectivity index (χ2n) is 6.44. The molecule has 1 aliphatic rings. The maximum absolute atomic E-state index is 12.5. The summed E-state index contributed by atoms with van der Waals surface area (Å²) in [4.78, 5) is 26.2. The molecule has 2 aromatic carbocycles. The largest absolute Gasteiger partial charge is 0.345 e. The van der Waals surface area contributed by atoms with E-state index < -0.39 is 0 Å². The normalized spacial score (nSPS) is 16.8. The van der Waals surface area contributed by atoms with Gasteiger partial charge in [0.1, 0.15) is 4.32 Å². The maximum Gasteiger partial charge on any atom is 0.241 e. The van der Waals surface area contributed by atoms with Crippen molar-refractivity contribution in [2.75, 3.05) is 6.54 Å². The Labute approximate surface area is 169 Å². The van der Waals surface area contributed by atoms with Crippen LogP contribution in [0.5, 0.6) is 0 Å². The van der Waals surface area contributed by atoms with Crippen molar-refractivity contribution in [2.45, 2.75) is 31.1 Å². The number of nitrogens with one attached hydrogen (secondary N) is 1. The molecule has 6 heteroatoms. The van der Waals surface area contributed by atoms with Crippen molar-refractivity contribution in [2.24, 2.45) is 0 Å². The smallest absolute Gasteiger partial charge is 0.241 e. The zero-order chi connectivity index (χ0) is 19.2. The van der Waals surface area contributed by atoms with Crippen LogP contribution in [0.2, 0.25) is 0 Å². The monoisotopic (exact) mass is 398 g/mol. The molecule has 27 heavy (non-hydrogen) atoms. The average molecular weight is 399 g/mol. The lowest BCUT2D eigenvalue weighted by molar-refractivity contribution is -0.126. The van der Waals surface area contributed by atoms with Crippen LogP contribution in [0.25, 0.3) is 0 Å². The predicted octanol–water partition coefficient (Wildman–Crippen LogP) is 3.92. The van der Waals surface area contributed by atoms with Crippen molar-refractivity contribution in [3.05, 3.63) is 71.8 Å². The highest BCUT2D eigenvalue weighted by atomic mass is 32.2. The van der Waals surface area contributed by atoms with Gasteiger partial charge < -0.3 is 5.32 Å². The molecule has 140 valence electrons. The van der Waals surface area contributed by atoms with Crippen molar-refractivity contribution in [1.82, 2.24) is 10.2 Å². The molecule has 0 aromatic heterocycles. The molecule has 0 radical (unpaired) electrons. The van der Waals surface area contributed by atoms with Crippen molar-refractivity contribution in [3.8, 4) is 0 Å². The van der Waals surface area contributed by atoms with Gasteiger partial charge in [0.25, 0.3) is 0 Å². The first kappa shape index (κ1) is 19.6. The lowest BCUT2D eigenvalue weighted by Gasteiger charge is -2.20. The third-order valence-corrected chi connectivity index (χ3v) is 5.95. The van der Waals surface area contributed by atoms with Gasteiger partial charge in [-0.15, -0.1) is 0 Å². The van der Waals surface area contributed by atoms with Gasteiger partial charge in [0.2, 0.25) is 11.8 Å². The number of thioether (sulfide) groups is 1. The molecule has 1 N–H and O–H groups in total. The van der Waals surface area contributed by atoms with Gasteiger partial charge in [-0.2, -0.15) is 0 Å². The summed E-state index contributed by atoms with van der Waals surface area (Å²) in [5.41, 5.74) is 2.08. The summed E-state index contributed by atoms with van der Waals surface area (Å²) in [7, 11) is 0. The first-order valence-corrected chi connectivity index (χ1v) is 10.3. The molecule has 0 aliphatic carbocycles. The summed E-state index contributed by atoms with van der Waals surface area (Å²) < 4.78 is 0.611. The van der Waals surface area contributed by atoms with Gasteiger partial charge >= 0.3 is 0 Å². The van der Waals surface area contributed by atoms with E-state index in [1.54, 1.807) is 4.90 Å². The molecule has 0 bridgehead atoms. The number of carbonyl (C=O) groups excluding carboxylic acids is 2. The Kier molecular flexibility index (Phi) is 6.63. The zero-order valence-corrected chi connectivity index (χ0v) is 16.8. The fourth-order valence-electron chi connectivity index (χ4n) is 3.06. The van der Waals surface area contributed by atoms with Crippen molar-refractivity contribution in [1.29, 1.82) is 0 Å². The third kappa shape index (κ3) is 4.96. The molecule has 1 atom stereocenters. The number of nitrogens with zero attached hydrogens (tertiary/aromatic N) is 1. The van der Waals surface area contributed by atoms with E-state index in [0.717, 1.165) is 11.1 Å². The van der Waals surface area contributed by atoms with Crippen LogP contribution >= 0.6 is 24.0 Å². The Morgan fingerprint density at radius 1 is 1.11 bits per heavy atom. The number of amides is 2. The molecule has 3 rings (SSSR count). The standard InChI is InChI=1S/C21H22N2O2S2/c1-15-20(25)23(21(26)27-15)14-8-13-18(24)22-19(16-9-4-2-5-10-16)17-11-6-3-7-12-17/h2-7,9-12,15,19H,8,13-14H2,1H3,(H,22,24). The van der Waals surface area contributed by atoms with E-state index in [-0.39, 0.29) is 23.1 Å². The van der Waals surface area contributed by atoms with Crippen LogP contribution in [0.15, 0.2) is 60.7 Å². The van der Waals surface area contributed by atoms with E-state index in [9.17, 15) is 9.59 Å². The average Bonchev–Trinajstić information content (AvgIpc) is 2.93. The Morgan fingerprint density at radius 2 is 1.67 bits per heavy atom. The lowest BCUT2D eigenvalue weighted by Crippen LogP contribution is -2.33. The minimum Gasteiger partial charge on any atom is -0.345 e. The van der Waals surface area contributed by atoms with E-state index in [2.05, 4.69) is 5.32 Å². The van der Waals surface area contributed by atoms with Crippen molar-refractivity contribution >= 4 is 40.1 Å². The molecule has 1 saturated heterocycles. The molecule has 2 aromatic rings. The third-order valence-electron chi connectivity index (χ3n) is 4.47. The number of thiocarbonyl (C=S) groups is 1. The van der Waals surface area contributed by atoms with E-state index in [0.29, 0.717) is 23.7 Å². The Hall–Kier alpha value is -2.18. The number of hydrogen-bond acceptors (Lipinski definition) is 4. The molecule has 1 heterocycles. The molecular weight excluding hydrogens is 376 g/mol. The minimum absolute atomic E-state index is 0.0361. The number of carbonyl (C=O) groups is 2. The van der Waals surface area contributed by atoms with E-state index in [1.807, 2.05) is 67.6 Å². The highest BCUT2D eigenvalue weighted by Crippen LogP contribution is 2.27. The molecular formula is C21H22N2O2S2. The molecule has 4 nitrogen and oxygen atoms in total. The first-order chi connectivity index (χ1) is 13.1. The Morgan fingerprint density at radius 3 is 2.15 bits per heavy atom. The molecule has 1 aliphatic heterocycles. The zero-order valence-electron chi connectivity index (χ0n) is 15.1. The van der Waals surface area contributed by atoms with Gasteiger partial charge in [-0.05, 0) is 24.5 Å². The van der Waals surface area contributed by atoms with E-state index >= 15 is 0 Å². The first-order valence-electron chi connectivity index (χ1n) is 8.97. The maximum atomic E-state index is 12.5. The molecule has 0 saturated carbocycles. The Bertz CT molecular complexity index is 772. The van der Waals surface area contributed by atoms with Crippen LogP contribution in [-0.2, 0) is 9.59 Å². The molecule has 1 fully saturated rings. The lowest BCUT2D eigenvalue weighted by atomic mass is 9.98. The summed E-state index contributed by atoms with van der Waals surface area (Å²) in [6.45, 7) is 2.35. The SMILES string of the molecule is CC1SC(=S)N(CCCC(=O)NC(c2ccccc2)c2ccccc2)C1=O. The van der Waals surface area contributed by atoms with Crippen LogP contribution in [0.4, 0.5) is 0 Å². The summed E-state index contributed by atoms with van der Waals surface area (Å²) >= 11 is 6.65. The molecule has 0 spiro atoms. The van der Waals surface area contributed by atoms with Gasteiger partial charge in [0.05, 0.1) is 11.3 Å². The number of hydrogen-bond donors (Lipinski definition) is 1. The highest BCUT2D eigenvalue weighted by molar-refractivity contribution is 8.24. The summed E-state index contributed by atoms with van der Waals surface area (Å²) in [6.07, 6.45) is 0.933. The van der Waals surface area contributed by atoms with E-state index in [1.165, 1.54) is 11.8 Å². The fourth-order valence-corrected chi connectivity index (χ4v) is 4.51. The number of benzene rings is 2. The minimum atomic E-state index is -0.190. The quantitative estimate of drug-likeness (QED) is 0.718. The van der Waals surface area contributed by atoms with Crippen molar-refractivity contribution in [3.63, 3.8) is 0 Å². The van der Waals surface area contributed by atoms with Crippen LogP contribution < -0.4 is 5.32 Å². The fraction of sp³-hybridized carbons (Fsp3) is 0.286. The summed E-state index contributed by atoms with van der Waals surface area (Å²) in [6, 6.07) is 19.7. The Balaban J connectivity index is 1.60. The van der Waals surface area contributed by atoms with Gasteiger partial charge in [0, 0.05) is 13.0 Å². The van der Waals surface area contributed by atoms with Crippen LogP contribution in [0.3, 0.4) is 0 Å². The number of rotatable bonds is 7. The van der Waals surface area contributed by atoms with Crippen LogP contribution in [0.1, 0.15) is 36.9 Å².